The number of amides is 4. The summed E-state index contributed by atoms with van der Waals surface area (Å²) in [5.41, 5.74) is 2.56. The van der Waals surface area contributed by atoms with Gasteiger partial charge in [-0.2, -0.15) is 0 Å². The summed E-state index contributed by atoms with van der Waals surface area (Å²) < 4.78 is 5.95. The molecule has 2 aromatic heterocycles. The topological polar surface area (TPSA) is 133 Å². The molecule has 4 amide bonds. The molecule has 1 aliphatic heterocycles. The summed E-state index contributed by atoms with van der Waals surface area (Å²) in [5, 5.41) is 18.3. The van der Waals surface area contributed by atoms with E-state index in [1.54, 1.807) is 17.2 Å². The Morgan fingerprint density at radius 3 is 2.50 bits per heavy atom. The van der Waals surface area contributed by atoms with E-state index in [1.807, 2.05) is 55.5 Å². The van der Waals surface area contributed by atoms with E-state index in [-0.39, 0.29) is 18.0 Å². The van der Waals surface area contributed by atoms with E-state index in [4.69, 9.17) is 4.74 Å². The largest absolute Gasteiger partial charge is 0.465 e. The van der Waals surface area contributed by atoms with Gasteiger partial charge < -0.3 is 25.8 Å². The standard InChI is InChI=1S/C29H27N5O5S/c1-16-15-18(39-17-7-3-2-4-8-17)11-12-21(16)34-22-13-14-30-27-23(22)24(33-28(34)36)25(40-27)26(35)31-19-9-5-6-10-20(19)32-29(37)38/h2-4,7-8,11-15,19-20,32H,5-6,9-10H2,1H3,(H,31,35)(H,33,36)(H,37,38)/t19-,20+/m1/s1. The van der Waals surface area contributed by atoms with E-state index in [1.165, 1.54) is 11.3 Å². The molecule has 0 bridgehead atoms. The summed E-state index contributed by atoms with van der Waals surface area (Å²) in [6, 6.07) is 15.7. The van der Waals surface area contributed by atoms with Gasteiger partial charge in [-0.3, -0.25) is 9.69 Å². The molecule has 11 heteroatoms. The van der Waals surface area contributed by atoms with Gasteiger partial charge in [-0.1, -0.05) is 31.0 Å². The molecule has 2 aromatic carbocycles. The van der Waals surface area contributed by atoms with E-state index in [0.717, 1.165) is 18.4 Å². The molecule has 3 heterocycles. The van der Waals surface area contributed by atoms with Crippen LogP contribution in [0.15, 0.2) is 60.8 Å². The van der Waals surface area contributed by atoms with E-state index in [2.05, 4.69) is 20.9 Å². The van der Waals surface area contributed by atoms with E-state index >= 15 is 0 Å². The fraction of sp³-hybridized carbons (Fsp3) is 0.241. The number of hydrogen-bond acceptors (Lipinski definition) is 6. The Bertz CT molecular complexity index is 1620. The normalized spacial score (nSPS) is 18.2. The summed E-state index contributed by atoms with van der Waals surface area (Å²) >= 11 is 1.20. The molecule has 1 fully saturated rings. The van der Waals surface area contributed by atoms with Crippen molar-refractivity contribution in [3.8, 4) is 11.5 Å². The molecule has 10 nitrogen and oxygen atoms in total. The molecule has 4 N–H and O–H groups in total. The molecule has 1 aliphatic carbocycles. The molecular weight excluding hydrogens is 530 g/mol. The number of rotatable bonds is 6. The van der Waals surface area contributed by atoms with Crippen LogP contribution in [0.3, 0.4) is 0 Å². The highest BCUT2D eigenvalue weighted by molar-refractivity contribution is 7.21. The van der Waals surface area contributed by atoms with E-state index < -0.39 is 12.1 Å². The second kappa shape index (κ2) is 10.5. The Morgan fingerprint density at radius 2 is 1.77 bits per heavy atom. The number of carbonyl (C=O) groups excluding carboxylic acids is 2. The minimum atomic E-state index is -1.11. The first-order valence-electron chi connectivity index (χ1n) is 13.1. The zero-order valence-corrected chi connectivity index (χ0v) is 22.5. The van der Waals surface area contributed by atoms with Crippen LogP contribution in [-0.2, 0) is 0 Å². The number of anilines is 3. The van der Waals surface area contributed by atoms with Crippen molar-refractivity contribution >= 4 is 56.6 Å². The third-order valence-electron chi connectivity index (χ3n) is 7.23. The van der Waals surface area contributed by atoms with Crippen molar-refractivity contribution in [1.29, 1.82) is 0 Å². The van der Waals surface area contributed by atoms with Gasteiger partial charge in [0.1, 0.15) is 21.2 Å². The van der Waals surface area contributed by atoms with Crippen molar-refractivity contribution < 1.29 is 24.2 Å². The van der Waals surface area contributed by atoms with Crippen molar-refractivity contribution in [2.24, 2.45) is 0 Å². The fourth-order valence-electron chi connectivity index (χ4n) is 5.42. The van der Waals surface area contributed by atoms with Crippen molar-refractivity contribution in [2.75, 3.05) is 10.2 Å². The van der Waals surface area contributed by atoms with Crippen LogP contribution < -0.4 is 25.6 Å². The summed E-state index contributed by atoms with van der Waals surface area (Å²) in [4.78, 5) is 45.2. The first-order chi connectivity index (χ1) is 19.4. The maximum Gasteiger partial charge on any atom is 0.404 e. The molecule has 0 spiro atoms. The number of hydrogen-bond donors (Lipinski definition) is 4. The van der Waals surface area contributed by atoms with Gasteiger partial charge in [-0.25, -0.2) is 14.6 Å². The Balaban J connectivity index is 1.31. The van der Waals surface area contributed by atoms with Gasteiger partial charge in [-0.05, 0) is 61.7 Å². The van der Waals surface area contributed by atoms with Crippen LogP contribution in [0.4, 0.5) is 26.7 Å². The molecule has 2 aliphatic rings. The molecule has 6 rings (SSSR count). The van der Waals surface area contributed by atoms with Crippen molar-refractivity contribution in [2.45, 2.75) is 44.7 Å². The molecule has 0 radical (unpaired) electrons. The van der Waals surface area contributed by atoms with Gasteiger partial charge in [0.15, 0.2) is 0 Å². The highest BCUT2D eigenvalue weighted by Gasteiger charge is 2.35. The van der Waals surface area contributed by atoms with Gasteiger partial charge in [0.25, 0.3) is 5.91 Å². The minimum Gasteiger partial charge on any atom is -0.465 e. The number of carboxylic acid groups (broad SMARTS) is 1. The van der Waals surface area contributed by atoms with Crippen LogP contribution in [0.5, 0.6) is 11.5 Å². The zero-order chi connectivity index (χ0) is 27.8. The molecule has 4 aromatic rings. The second-order valence-corrected chi connectivity index (χ2v) is 10.9. The average Bonchev–Trinajstić information content (AvgIpc) is 3.30. The van der Waals surface area contributed by atoms with Crippen LogP contribution in [0.1, 0.15) is 40.9 Å². The molecule has 2 atom stereocenters. The number of benzene rings is 2. The number of urea groups is 1. The van der Waals surface area contributed by atoms with Crippen LogP contribution >= 0.6 is 11.3 Å². The third kappa shape index (κ3) is 4.79. The highest BCUT2D eigenvalue weighted by Crippen LogP contribution is 2.46. The number of carbonyl (C=O) groups is 3. The van der Waals surface area contributed by atoms with Crippen molar-refractivity contribution in [3.05, 3.63) is 71.2 Å². The van der Waals surface area contributed by atoms with Gasteiger partial charge in [0, 0.05) is 12.2 Å². The number of nitrogens with one attached hydrogen (secondary N) is 3. The predicted octanol–water partition coefficient (Wildman–Crippen LogP) is 6.39. The number of nitrogens with zero attached hydrogens (tertiary/aromatic N) is 2. The second-order valence-electron chi connectivity index (χ2n) is 9.87. The molecule has 204 valence electrons. The predicted molar refractivity (Wildman–Crippen MR) is 153 cm³/mol. The molecule has 1 saturated carbocycles. The van der Waals surface area contributed by atoms with Gasteiger partial charge in [0.05, 0.1) is 28.5 Å². The summed E-state index contributed by atoms with van der Waals surface area (Å²) in [5.74, 6) is 1.01. The molecular formula is C29H27N5O5S. The first kappa shape index (κ1) is 25.6. The quantitative estimate of drug-likeness (QED) is 0.217. The number of para-hydroxylation sites is 1. The Hall–Kier alpha value is -4.64. The maximum atomic E-state index is 13.5. The van der Waals surface area contributed by atoms with E-state index in [0.29, 0.717) is 56.5 Å². The maximum absolute atomic E-state index is 13.5. The zero-order valence-electron chi connectivity index (χ0n) is 21.6. The SMILES string of the molecule is Cc1cc(Oc2ccccc2)ccc1N1C(=O)Nc2c(C(=O)N[C@@H]3CCCC[C@@H]3NC(=O)O)sc3nccc1c23. The lowest BCUT2D eigenvalue weighted by Crippen LogP contribution is -2.52. The molecule has 0 unspecified atom stereocenters. The number of ether oxygens (including phenoxy) is 1. The van der Waals surface area contributed by atoms with Crippen LogP contribution in [0, 0.1) is 6.92 Å². The third-order valence-corrected chi connectivity index (χ3v) is 8.33. The minimum absolute atomic E-state index is 0.336. The Labute approximate surface area is 234 Å². The monoisotopic (exact) mass is 557 g/mol. The van der Waals surface area contributed by atoms with Crippen LogP contribution in [0.2, 0.25) is 0 Å². The van der Waals surface area contributed by atoms with Gasteiger partial charge >= 0.3 is 12.1 Å². The lowest BCUT2D eigenvalue weighted by molar-refractivity contribution is 0.0917. The van der Waals surface area contributed by atoms with Crippen molar-refractivity contribution in [1.82, 2.24) is 15.6 Å². The van der Waals surface area contributed by atoms with E-state index in [9.17, 15) is 19.5 Å². The highest BCUT2D eigenvalue weighted by atomic mass is 32.1. The Morgan fingerprint density at radius 1 is 1.02 bits per heavy atom. The summed E-state index contributed by atoms with van der Waals surface area (Å²) in [7, 11) is 0. The number of pyridine rings is 1. The lowest BCUT2D eigenvalue weighted by atomic mass is 9.90. The number of aromatic nitrogens is 1. The first-order valence-corrected chi connectivity index (χ1v) is 13.9. The summed E-state index contributed by atoms with van der Waals surface area (Å²) in [6.07, 6.45) is 3.63. The number of thiophene rings is 1. The fourth-order valence-corrected chi connectivity index (χ4v) is 6.44. The van der Waals surface area contributed by atoms with Gasteiger partial charge in [-0.15, -0.1) is 11.3 Å². The lowest BCUT2D eigenvalue weighted by Gasteiger charge is -2.32. The Kier molecular flexibility index (Phi) is 6.72. The van der Waals surface area contributed by atoms with Crippen LogP contribution in [-0.4, -0.2) is 40.2 Å². The smallest absolute Gasteiger partial charge is 0.404 e. The number of aryl methyl sites for hydroxylation is 1. The van der Waals surface area contributed by atoms with Crippen molar-refractivity contribution in [3.63, 3.8) is 0 Å². The summed E-state index contributed by atoms with van der Waals surface area (Å²) in [6.45, 7) is 1.91. The van der Waals surface area contributed by atoms with Gasteiger partial charge in [0.2, 0.25) is 0 Å². The van der Waals surface area contributed by atoms with Crippen LogP contribution in [0.25, 0.3) is 10.2 Å². The molecule has 0 saturated heterocycles. The average molecular weight is 558 g/mol. The molecule has 40 heavy (non-hydrogen) atoms.